The van der Waals surface area contributed by atoms with Crippen molar-refractivity contribution in [2.75, 3.05) is 6.61 Å². The number of hydrogen-bond acceptors (Lipinski definition) is 2. The summed E-state index contributed by atoms with van der Waals surface area (Å²) in [5.74, 6) is -0.296. The number of allylic oxidation sites excluding steroid dienone is 1. The first-order valence-corrected chi connectivity index (χ1v) is 10.1. The maximum Gasteiger partial charge on any atom is 0.416 e. The number of carboxylic acid groups (broad SMARTS) is 1. The van der Waals surface area contributed by atoms with Gasteiger partial charge in [-0.25, -0.2) is 0 Å². The van der Waals surface area contributed by atoms with Crippen LogP contribution in [0, 0.1) is 5.92 Å². The molecule has 1 saturated carbocycles. The first kappa shape index (κ1) is 20.7. The van der Waals surface area contributed by atoms with Crippen LogP contribution in [0.1, 0.15) is 68.9 Å². The van der Waals surface area contributed by atoms with E-state index in [0.29, 0.717) is 12.5 Å². The number of halogens is 3. The van der Waals surface area contributed by atoms with Crippen LogP contribution in [-0.2, 0) is 17.4 Å². The zero-order chi connectivity index (χ0) is 20.1. The lowest BCUT2D eigenvalue weighted by atomic mass is 9.83. The number of ether oxygens (including phenoxy) is 1. The molecular formula is C22H27F3O3. The zero-order valence-corrected chi connectivity index (χ0v) is 16.0. The predicted molar refractivity (Wildman–Crippen MR) is 100 cm³/mol. The summed E-state index contributed by atoms with van der Waals surface area (Å²) in [4.78, 5) is 10.7. The number of hydrogen-bond donors (Lipinski definition) is 1. The van der Waals surface area contributed by atoms with Gasteiger partial charge < -0.3 is 9.84 Å². The molecule has 0 aromatic heterocycles. The number of rotatable bonds is 7. The van der Waals surface area contributed by atoms with Gasteiger partial charge >= 0.3 is 12.1 Å². The Bertz CT molecular complexity index is 731. The fraction of sp³-hybridized carbons (Fsp3) is 0.591. The minimum absolute atomic E-state index is 0.00854. The Hall–Kier alpha value is -1.98. The average Bonchev–Trinajstić information content (AvgIpc) is 3.19. The Kier molecular flexibility index (Phi) is 6.68. The van der Waals surface area contributed by atoms with Crippen LogP contribution < -0.4 is 4.74 Å². The van der Waals surface area contributed by atoms with Gasteiger partial charge in [0.25, 0.3) is 0 Å². The van der Waals surface area contributed by atoms with Crippen LogP contribution in [-0.4, -0.2) is 17.7 Å². The molecule has 0 amide bonds. The highest BCUT2D eigenvalue weighted by molar-refractivity contribution is 5.67. The standard InChI is InChI=1S/C22H27F3O3/c23-22(24,25)20-13-18(11-9-16(20)10-12-21(26)27)28-14-17-7-3-4-8-19(17)15-5-1-2-6-15/h9,11,13,15H,1-8,10,12,14H2,(H,26,27). The van der Waals surface area contributed by atoms with Gasteiger partial charge in [0.15, 0.2) is 0 Å². The van der Waals surface area contributed by atoms with Gasteiger partial charge in [-0.05, 0) is 74.1 Å². The van der Waals surface area contributed by atoms with Gasteiger partial charge in [-0.2, -0.15) is 13.2 Å². The van der Waals surface area contributed by atoms with Crippen LogP contribution in [0.3, 0.4) is 0 Å². The van der Waals surface area contributed by atoms with E-state index in [1.165, 1.54) is 55.4 Å². The van der Waals surface area contributed by atoms with E-state index in [4.69, 9.17) is 9.84 Å². The summed E-state index contributed by atoms with van der Waals surface area (Å²) in [6, 6.07) is 3.87. The van der Waals surface area contributed by atoms with Gasteiger partial charge in [-0.15, -0.1) is 0 Å². The number of aliphatic carboxylic acids is 1. The number of aryl methyl sites for hydroxylation is 1. The largest absolute Gasteiger partial charge is 0.489 e. The SMILES string of the molecule is O=C(O)CCc1ccc(OCC2=C(C3CCCC3)CCCC2)cc1C(F)(F)F. The highest BCUT2D eigenvalue weighted by Gasteiger charge is 2.34. The smallest absolute Gasteiger partial charge is 0.416 e. The third-order valence-corrected chi connectivity index (χ3v) is 5.88. The molecule has 0 saturated heterocycles. The molecule has 3 rings (SSSR count). The molecule has 1 aromatic carbocycles. The Morgan fingerprint density at radius 2 is 1.82 bits per heavy atom. The van der Waals surface area contributed by atoms with Crippen LogP contribution in [0.2, 0.25) is 0 Å². The number of alkyl halides is 3. The zero-order valence-electron chi connectivity index (χ0n) is 16.0. The lowest BCUT2D eigenvalue weighted by Gasteiger charge is -2.25. The lowest BCUT2D eigenvalue weighted by molar-refractivity contribution is -0.140. The minimum Gasteiger partial charge on any atom is -0.489 e. The normalized spacial score (nSPS) is 18.5. The molecular weight excluding hydrogens is 369 g/mol. The molecule has 1 fully saturated rings. The van der Waals surface area contributed by atoms with Crippen molar-refractivity contribution in [2.45, 2.75) is 70.4 Å². The van der Waals surface area contributed by atoms with E-state index in [1.807, 2.05) is 0 Å². The topological polar surface area (TPSA) is 46.5 Å². The monoisotopic (exact) mass is 396 g/mol. The number of carboxylic acids is 1. The molecule has 0 unspecified atom stereocenters. The molecule has 0 spiro atoms. The molecule has 154 valence electrons. The molecule has 0 radical (unpaired) electrons. The molecule has 2 aliphatic rings. The summed E-state index contributed by atoms with van der Waals surface area (Å²) >= 11 is 0. The van der Waals surface area contributed by atoms with Crippen LogP contribution >= 0.6 is 0 Å². The van der Waals surface area contributed by atoms with Crippen molar-refractivity contribution in [2.24, 2.45) is 5.92 Å². The van der Waals surface area contributed by atoms with E-state index in [1.54, 1.807) is 0 Å². The fourth-order valence-corrected chi connectivity index (χ4v) is 4.46. The molecule has 0 aliphatic heterocycles. The van der Waals surface area contributed by atoms with E-state index in [2.05, 4.69) is 0 Å². The maximum atomic E-state index is 13.4. The van der Waals surface area contributed by atoms with Crippen molar-refractivity contribution in [1.82, 2.24) is 0 Å². The van der Waals surface area contributed by atoms with Crippen LogP contribution in [0.15, 0.2) is 29.3 Å². The van der Waals surface area contributed by atoms with Crippen molar-refractivity contribution in [3.63, 3.8) is 0 Å². The van der Waals surface area contributed by atoms with E-state index < -0.39 is 17.7 Å². The van der Waals surface area contributed by atoms with Crippen LogP contribution in [0.4, 0.5) is 13.2 Å². The minimum atomic E-state index is -4.54. The van der Waals surface area contributed by atoms with Gasteiger partial charge in [-0.1, -0.05) is 24.5 Å². The summed E-state index contributed by atoms with van der Waals surface area (Å²) in [6.45, 7) is 0.345. The summed E-state index contributed by atoms with van der Waals surface area (Å²) in [7, 11) is 0. The highest BCUT2D eigenvalue weighted by Crippen LogP contribution is 2.39. The third-order valence-electron chi connectivity index (χ3n) is 5.88. The predicted octanol–water partition coefficient (Wildman–Crippen LogP) is 6.16. The Balaban J connectivity index is 1.75. The van der Waals surface area contributed by atoms with Crippen molar-refractivity contribution >= 4 is 5.97 Å². The molecule has 0 heterocycles. The molecule has 0 atom stereocenters. The van der Waals surface area contributed by atoms with Crippen molar-refractivity contribution in [3.05, 3.63) is 40.5 Å². The molecule has 1 N–H and O–H groups in total. The van der Waals surface area contributed by atoms with Gasteiger partial charge in [0, 0.05) is 6.42 Å². The second-order valence-electron chi connectivity index (χ2n) is 7.82. The summed E-state index contributed by atoms with van der Waals surface area (Å²) in [6.07, 6.45) is 4.28. The molecule has 3 nitrogen and oxygen atoms in total. The van der Waals surface area contributed by atoms with E-state index >= 15 is 0 Å². The summed E-state index contributed by atoms with van der Waals surface area (Å²) in [5.41, 5.74) is 1.94. The van der Waals surface area contributed by atoms with Crippen LogP contribution in [0.25, 0.3) is 0 Å². The summed E-state index contributed by atoms with van der Waals surface area (Å²) in [5, 5.41) is 8.76. The van der Waals surface area contributed by atoms with Crippen molar-refractivity contribution in [3.8, 4) is 5.75 Å². The molecule has 28 heavy (non-hydrogen) atoms. The van der Waals surface area contributed by atoms with Crippen LogP contribution in [0.5, 0.6) is 5.75 Å². The average molecular weight is 396 g/mol. The first-order valence-electron chi connectivity index (χ1n) is 10.1. The third kappa shape index (κ3) is 5.30. The maximum absolute atomic E-state index is 13.4. The van der Waals surface area contributed by atoms with Gasteiger partial charge in [0.1, 0.15) is 12.4 Å². The quantitative estimate of drug-likeness (QED) is 0.561. The molecule has 0 bridgehead atoms. The van der Waals surface area contributed by atoms with Gasteiger partial charge in [-0.3, -0.25) is 4.79 Å². The highest BCUT2D eigenvalue weighted by atomic mass is 19.4. The van der Waals surface area contributed by atoms with E-state index in [-0.39, 0.29) is 24.2 Å². The Labute approximate surface area is 163 Å². The van der Waals surface area contributed by atoms with E-state index in [9.17, 15) is 18.0 Å². The summed E-state index contributed by atoms with van der Waals surface area (Å²) < 4.78 is 46.0. The Morgan fingerprint density at radius 1 is 1.11 bits per heavy atom. The van der Waals surface area contributed by atoms with E-state index in [0.717, 1.165) is 25.3 Å². The van der Waals surface area contributed by atoms with Crippen molar-refractivity contribution in [1.29, 1.82) is 0 Å². The van der Waals surface area contributed by atoms with Gasteiger partial charge in [0.2, 0.25) is 0 Å². The lowest BCUT2D eigenvalue weighted by Crippen LogP contribution is -2.14. The second kappa shape index (κ2) is 9.01. The van der Waals surface area contributed by atoms with Crippen molar-refractivity contribution < 1.29 is 27.8 Å². The van der Waals surface area contributed by atoms with Gasteiger partial charge in [0.05, 0.1) is 5.56 Å². The first-order chi connectivity index (χ1) is 13.3. The molecule has 2 aliphatic carbocycles. The fourth-order valence-electron chi connectivity index (χ4n) is 4.46. The molecule has 1 aromatic rings. The number of carbonyl (C=O) groups is 1. The second-order valence-corrected chi connectivity index (χ2v) is 7.82. The molecule has 6 heteroatoms. The Morgan fingerprint density at radius 3 is 2.50 bits per heavy atom. The number of benzene rings is 1.